The zero-order chi connectivity index (χ0) is 24.3. The van der Waals surface area contributed by atoms with E-state index >= 15 is 0 Å². The zero-order valence-corrected chi connectivity index (χ0v) is 18.7. The molecule has 34 heavy (non-hydrogen) atoms. The Morgan fingerprint density at radius 2 is 1.91 bits per heavy atom. The van der Waals surface area contributed by atoms with Crippen molar-refractivity contribution in [3.05, 3.63) is 71.9 Å². The molecule has 1 unspecified atom stereocenters. The summed E-state index contributed by atoms with van der Waals surface area (Å²) in [5.74, 6) is 0.223. The van der Waals surface area contributed by atoms with Gasteiger partial charge in [-0.25, -0.2) is 4.98 Å². The van der Waals surface area contributed by atoms with Gasteiger partial charge < -0.3 is 19.7 Å². The van der Waals surface area contributed by atoms with Crippen molar-refractivity contribution < 1.29 is 27.4 Å². The predicted molar refractivity (Wildman–Crippen MR) is 123 cm³/mol. The summed E-state index contributed by atoms with van der Waals surface area (Å²) in [5, 5.41) is 2.86. The average Bonchev–Trinajstić information content (AvgIpc) is 2.79. The van der Waals surface area contributed by atoms with Gasteiger partial charge in [0.1, 0.15) is 11.6 Å². The third-order valence-corrected chi connectivity index (χ3v) is 5.55. The molecule has 1 N–H and O–H groups in total. The summed E-state index contributed by atoms with van der Waals surface area (Å²) >= 11 is 0. The molecule has 9 heteroatoms. The van der Waals surface area contributed by atoms with Gasteiger partial charge in [-0.3, -0.25) is 4.79 Å². The number of hydrogen-bond donors (Lipinski definition) is 1. The first-order valence-electron chi connectivity index (χ1n) is 10.8. The summed E-state index contributed by atoms with van der Waals surface area (Å²) in [6.45, 7) is 5.98. The second kappa shape index (κ2) is 9.72. The van der Waals surface area contributed by atoms with Gasteiger partial charge in [0.15, 0.2) is 0 Å². The summed E-state index contributed by atoms with van der Waals surface area (Å²) in [4.78, 5) is 19.6. The molecule has 178 valence electrons. The minimum Gasteiger partial charge on any atom is -0.406 e. The van der Waals surface area contributed by atoms with E-state index in [1.54, 1.807) is 31.3 Å². The Balaban J connectivity index is 1.47. The van der Waals surface area contributed by atoms with Crippen molar-refractivity contribution in [3.63, 3.8) is 0 Å². The molecule has 2 heterocycles. The highest BCUT2D eigenvalue weighted by molar-refractivity contribution is 6.06. The summed E-state index contributed by atoms with van der Waals surface area (Å²) in [6.07, 6.45) is -2.99. The van der Waals surface area contributed by atoms with Crippen LogP contribution >= 0.6 is 0 Å². The van der Waals surface area contributed by atoms with Crippen molar-refractivity contribution in [1.82, 2.24) is 4.98 Å². The fraction of sp³-hybridized carbons (Fsp3) is 0.280. The molecular formula is C25H24F3N3O3. The summed E-state index contributed by atoms with van der Waals surface area (Å²) in [7, 11) is 0. The fourth-order valence-electron chi connectivity index (χ4n) is 3.90. The van der Waals surface area contributed by atoms with E-state index in [-0.39, 0.29) is 17.8 Å². The Bertz CT molecular complexity index is 1150. The van der Waals surface area contributed by atoms with Crippen LogP contribution in [0.15, 0.2) is 60.8 Å². The molecule has 0 saturated carbocycles. The lowest BCUT2D eigenvalue weighted by atomic mass is 9.96. The Kier molecular flexibility index (Phi) is 6.74. The van der Waals surface area contributed by atoms with E-state index < -0.39 is 6.36 Å². The van der Waals surface area contributed by atoms with Crippen molar-refractivity contribution in [2.24, 2.45) is 0 Å². The Labute approximate surface area is 195 Å². The molecule has 2 aromatic carbocycles. The van der Waals surface area contributed by atoms with E-state index in [1.807, 2.05) is 19.1 Å². The molecule has 6 nitrogen and oxygen atoms in total. The lowest BCUT2D eigenvalue weighted by Crippen LogP contribution is -2.41. The molecule has 3 aromatic rings. The topological polar surface area (TPSA) is 63.7 Å². The van der Waals surface area contributed by atoms with E-state index in [0.29, 0.717) is 29.0 Å². The number of halogens is 3. The van der Waals surface area contributed by atoms with Gasteiger partial charge in [-0.05, 0) is 60.9 Å². The van der Waals surface area contributed by atoms with E-state index in [1.165, 1.54) is 24.3 Å². The first-order chi connectivity index (χ1) is 16.2. The van der Waals surface area contributed by atoms with Crippen molar-refractivity contribution in [1.29, 1.82) is 0 Å². The highest BCUT2D eigenvalue weighted by Gasteiger charge is 2.31. The second-order valence-electron chi connectivity index (χ2n) is 8.04. The van der Waals surface area contributed by atoms with Gasteiger partial charge in [0, 0.05) is 18.7 Å². The summed E-state index contributed by atoms with van der Waals surface area (Å²) in [6, 6.07) is 14.5. The summed E-state index contributed by atoms with van der Waals surface area (Å²) in [5.41, 5.74) is 3.14. The molecule has 1 saturated heterocycles. The third-order valence-electron chi connectivity index (χ3n) is 5.55. The van der Waals surface area contributed by atoms with E-state index in [2.05, 4.69) is 19.9 Å². The molecule has 0 bridgehead atoms. The number of ether oxygens (including phenoxy) is 2. The Morgan fingerprint density at radius 3 is 2.56 bits per heavy atom. The number of nitrogens with one attached hydrogen (secondary N) is 1. The number of amides is 1. The van der Waals surface area contributed by atoms with Gasteiger partial charge in [-0.1, -0.05) is 24.3 Å². The van der Waals surface area contributed by atoms with Crippen LogP contribution in [-0.4, -0.2) is 43.1 Å². The molecule has 0 radical (unpaired) electrons. The number of carbonyl (C=O) groups is 1. The number of alkyl halides is 3. The van der Waals surface area contributed by atoms with E-state index in [0.717, 1.165) is 24.5 Å². The zero-order valence-electron chi connectivity index (χ0n) is 18.7. The maximum Gasteiger partial charge on any atom is 0.573 e. The van der Waals surface area contributed by atoms with Crippen LogP contribution in [0.4, 0.5) is 24.7 Å². The number of rotatable bonds is 5. The van der Waals surface area contributed by atoms with Crippen LogP contribution in [0, 0.1) is 6.92 Å². The SMILES string of the molecule is Cc1c(C(=O)Nc2ccc(N3CCOC(C)C3)nc2)cccc1-c1ccc(OC(F)(F)F)cc1. The highest BCUT2D eigenvalue weighted by atomic mass is 19.4. The Morgan fingerprint density at radius 1 is 1.15 bits per heavy atom. The largest absolute Gasteiger partial charge is 0.573 e. The molecule has 4 rings (SSSR count). The molecule has 1 amide bonds. The predicted octanol–water partition coefficient (Wildman–Crippen LogP) is 5.43. The van der Waals surface area contributed by atoms with Gasteiger partial charge in [0.25, 0.3) is 5.91 Å². The lowest BCUT2D eigenvalue weighted by molar-refractivity contribution is -0.274. The number of hydrogen-bond acceptors (Lipinski definition) is 5. The van der Waals surface area contributed by atoms with Crippen LogP contribution in [0.25, 0.3) is 11.1 Å². The number of anilines is 2. The van der Waals surface area contributed by atoms with Crippen LogP contribution in [-0.2, 0) is 4.74 Å². The molecule has 1 aliphatic heterocycles. The van der Waals surface area contributed by atoms with Crippen LogP contribution in [0.3, 0.4) is 0 Å². The van der Waals surface area contributed by atoms with Crippen LogP contribution < -0.4 is 15.0 Å². The van der Waals surface area contributed by atoms with Gasteiger partial charge >= 0.3 is 6.36 Å². The van der Waals surface area contributed by atoms with Crippen LogP contribution in [0.1, 0.15) is 22.8 Å². The monoisotopic (exact) mass is 471 g/mol. The molecule has 1 atom stereocenters. The Hall–Kier alpha value is -3.59. The maximum atomic E-state index is 12.9. The van der Waals surface area contributed by atoms with Crippen molar-refractivity contribution >= 4 is 17.4 Å². The van der Waals surface area contributed by atoms with Gasteiger partial charge in [0.05, 0.1) is 24.6 Å². The quantitative estimate of drug-likeness (QED) is 0.538. The second-order valence-corrected chi connectivity index (χ2v) is 8.04. The minimum atomic E-state index is -4.75. The number of carbonyl (C=O) groups excluding carboxylic acids is 1. The average molecular weight is 471 g/mol. The molecule has 0 spiro atoms. The van der Waals surface area contributed by atoms with E-state index in [4.69, 9.17) is 4.74 Å². The molecular weight excluding hydrogens is 447 g/mol. The number of benzene rings is 2. The highest BCUT2D eigenvalue weighted by Crippen LogP contribution is 2.30. The van der Waals surface area contributed by atoms with Gasteiger partial charge in [-0.2, -0.15) is 0 Å². The number of pyridine rings is 1. The van der Waals surface area contributed by atoms with Crippen molar-refractivity contribution in [2.75, 3.05) is 29.9 Å². The standard InChI is InChI=1S/C25H24F3N3O3/c1-16-15-31(12-13-33-16)23-11-8-19(14-29-23)30-24(32)22-5-3-4-21(17(22)2)18-6-9-20(10-7-18)34-25(26,27)28/h3-11,14,16H,12-13,15H2,1-2H3,(H,30,32). The number of nitrogens with zero attached hydrogens (tertiary/aromatic N) is 2. The van der Waals surface area contributed by atoms with Gasteiger partial charge in [0.2, 0.25) is 0 Å². The van der Waals surface area contributed by atoms with Crippen LogP contribution in [0.2, 0.25) is 0 Å². The smallest absolute Gasteiger partial charge is 0.406 e. The molecule has 1 aromatic heterocycles. The van der Waals surface area contributed by atoms with E-state index in [9.17, 15) is 18.0 Å². The third kappa shape index (κ3) is 5.66. The normalized spacial score (nSPS) is 16.3. The summed E-state index contributed by atoms with van der Waals surface area (Å²) < 4.78 is 46.7. The van der Waals surface area contributed by atoms with Gasteiger partial charge in [-0.15, -0.1) is 13.2 Å². The number of aromatic nitrogens is 1. The minimum absolute atomic E-state index is 0.138. The van der Waals surface area contributed by atoms with Crippen LogP contribution in [0.5, 0.6) is 5.75 Å². The fourth-order valence-corrected chi connectivity index (χ4v) is 3.90. The first kappa shape index (κ1) is 23.6. The molecule has 0 aliphatic carbocycles. The van der Waals surface area contributed by atoms with Crippen molar-refractivity contribution in [3.8, 4) is 16.9 Å². The molecule has 1 aliphatic rings. The number of morpholine rings is 1. The van der Waals surface area contributed by atoms with Crippen molar-refractivity contribution in [2.45, 2.75) is 26.3 Å². The first-order valence-corrected chi connectivity index (χ1v) is 10.8. The molecule has 1 fully saturated rings. The lowest BCUT2D eigenvalue weighted by Gasteiger charge is -2.32. The maximum absolute atomic E-state index is 12.9.